The average Bonchev–Trinajstić information content (AvgIpc) is 2.75. The number of likely N-dealkylation sites (N-methyl/N-ethyl adjacent to an activating group) is 1. The first-order valence-electron chi connectivity index (χ1n) is 10.1. The predicted molar refractivity (Wildman–Crippen MR) is 117 cm³/mol. The molecule has 0 aromatic heterocycles. The fourth-order valence-electron chi connectivity index (χ4n) is 3.53. The highest BCUT2D eigenvalue weighted by atomic mass is 16.2. The number of hydrogen-bond donors (Lipinski definition) is 2. The fraction of sp³-hybridized carbons (Fsp3) is 0.348. The average molecular weight is 409 g/mol. The quantitative estimate of drug-likeness (QED) is 0.796. The molecule has 1 aliphatic rings. The van der Waals surface area contributed by atoms with Crippen LogP contribution in [0.3, 0.4) is 0 Å². The monoisotopic (exact) mass is 408 g/mol. The van der Waals surface area contributed by atoms with Gasteiger partial charge in [0.1, 0.15) is 0 Å². The van der Waals surface area contributed by atoms with Gasteiger partial charge in [-0.1, -0.05) is 35.9 Å². The lowest BCUT2D eigenvalue weighted by molar-refractivity contribution is -0.138. The van der Waals surface area contributed by atoms with Gasteiger partial charge >= 0.3 is 6.03 Å². The summed E-state index contributed by atoms with van der Waals surface area (Å²) in [5.74, 6) is -0.673. The Bertz CT molecular complexity index is 883. The van der Waals surface area contributed by atoms with Crippen molar-refractivity contribution in [2.45, 2.75) is 19.8 Å². The Morgan fingerprint density at radius 1 is 1.00 bits per heavy atom. The Morgan fingerprint density at radius 2 is 1.67 bits per heavy atom. The summed E-state index contributed by atoms with van der Waals surface area (Å²) in [5, 5.41) is 5.67. The third kappa shape index (κ3) is 5.83. The number of likely N-dealkylation sites (tertiary alicyclic amines) is 1. The summed E-state index contributed by atoms with van der Waals surface area (Å²) >= 11 is 0. The van der Waals surface area contributed by atoms with Gasteiger partial charge in [-0.25, -0.2) is 4.79 Å². The van der Waals surface area contributed by atoms with E-state index in [2.05, 4.69) is 10.6 Å². The van der Waals surface area contributed by atoms with Crippen LogP contribution in [-0.2, 0) is 9.59 Å². The number of carbonyl (C=O) groups is 3. The number of anilines is 2. The van der Waals surface area contributed by atoms with Crippen LogP contribution in [0.4, 0.5) is 16.2 Å². The van der Waals surface area contributed by atoms with E-state index in [1.165, 1.54) is 4.90 Å². The molecule has 2 N–H and O–H groups in total. The number of urea groups is 1. The first-order valence-corrected chi connectivity index (χ1v) is 10.1. The van der Waals surface area contributed by atoms with Crippen LogP contribution < -0.4 is 10.6 Å². The molecule has 0 bridgehead atoms. The van der Waals surface area contributed by atoms with E-state index in [-0.39, 0.29) is 30.3 Å². The maximum absolute atomic E-state index is 12.8. The van der Waals surface area contributed by atoms with E-state index >= 15 is 0 Å². The van der Waals surface area contributed by atoms with E-state index in [0.29, 0.717) is 25.2 Å². The van der Waals surface area contributed by atoms with Crippen molar-refractivity contribution in [2.75, 3.05) is 37.3 Å². The third-order valence-corrected chi connectivity index (χ3v) is 5.18. The second-order valence-corrected chi connectivity index (χ2v) is 7.69. The number of benzene rings is 2. The number of hydrogen-bond acceptors (Lipinski definition) is 3. The van der Waals surface area contributed by atoms with Gasteiger partial charge in [0.15, 0.2) is 0 Å². The summed E-state index contributed by atoms with van der Waals surface area (Å²) in [6, 6.07) is 16.5. The van der Waals surface area contributed by atoms with Crippen molar-refractivity contribution in [1.29, 1.82) is 0 Å². The molecule has 0 aliphatic carbocycles. The van der Waals surface area contributed by atoms with Crippen LogP contribution in [0.5, 0.6) is 0 Å². The Morgan fingerprint density at radius 3 is 2.37 bits per heavy atom. The van der Waals surface area contributed by atoms with E-state index in [1.807, 2.05) is 61.5 Å². The minimum Gasteiger partial charge on any atom is -0.336 e. The molecule has 7 nitrogen and oxygen atoms in total. The van der Waals surface area contributed by atoms with Crippen molar-refractivity contribution < 1.29 is 14.4 Å². The molecular formula is C23H28N4O3. The second-order valence-electron chi connectivity index (χ2n) is 7.69. The molecule has 0 radical (unpaired) electrons. The molecule has 2 aromatic rings. The Labute approximate surface area is 177 Å². The lowest BCUT2D eigenvalue weighted by Crippen LogP contribution is -2.48. The van der Waals surface area contributed by atoms with Crippen molar-refractivity contribution in [2.24, 2.45) is 5.92 Å². The van der Waals surface area contributed by atoms with Gasteiger partial charge in [0.2, 0.25) is 11.8 Å². The van der Waals surface area contributed by atoms with Crippen molar-refractivity contribution in [3.8, 4) is 0 Å². The Kier molecular flexibility index (Phi) is 7.06. The molecule has 4 amide bonds. The van der Waals surface area contributed by atoms with Gasteiger partial charge < -0.3 is 20.4 Å². The lowest BCUT2D eigenvalue weighted by Gasteiger charge is -2.33. The smallest absolute Gasteiger partial charge is 0.321 e. The Balaban J connectivity index is 1.51. The summed E-state index contributed by atoms with van der Waals surface area (Å²) in [4.78, 5) is 40.8. The molecule has 1 aliphatic heterocycles. The number of piperidine rings is 1. The zero-order valence-electron chi connectivity index (χ0n) is 17.4. The lowest BCUT2D eigenvalue weighted by atomic mass is 9.97. The minimum absolute atomic E-state index is 0.0284. The number of nitrogens with zero attached hydrogens (tertiary/aromatic N) is 2. The van der Waals surface area contributed by atoms with Crippen LogP contribution in [0.25, 0.3) is 0 Å². The second kappa shape index (κ2) is 9.91. The van der Waals surface area contributed by atoms with Crippen LogP contribution in [0, 0.1) is 12.8 Å². The molecule has 0 spiro atoms. The summed E-state index contributed by atoms with van der Waals surface area (Å²) < 4.78 is 0. The van der Waals surface area contributed by atoms with Crippen LogP contribution in [-0.4, -0.2) is 54.3 Å². The van der Waals surface area contributed by atoms with Gasteiger partial charge in [-0.05, 0) is 44.0 Å². The number of rotatable bonds is 5. The van der Waals surface area contributed by atoms with E-state index in [0.717, 1.165) is 17.7 Å². The number of carbonyl (C=O) groups excluding carboxylic acids is 3. The summed E-state index contributed by atoms with van der Waals surface area (Å²) in [5.41, 5.74) is 2.53. The van der Waals surface area contributed by atoms with Crippen LogP contribution >= 0.6 is 0 Å². The molecule has 1 fully saturated rings. The molecule has 0 unspecified atom stereocenters. The van der Waals surface area contributed by atoms with Crippen molar-refractivity contribution in [3.63, 3.8) is 0 Å². The maximum atomic E-state index is 12.8. The maximum Gasteiger partial charge on any atom is 0.321 e. The molecular weight excluding hydrogens is 380 g/mol. The molecule has 7 heteroatoms. The highest BCUT2D eigenvalue weighted by molar-refractivity contribution is 5.95. The minimum atomic E-state index is -0.308. The summed E-state index contributed by atoms with van der Waals surface area (Å²) in [7, 11) is 1.63. The number of para-hydroxylation sites is 1. The Hall–Kier alpha value is -3.35. The van der Waals surface area contributed by atoms with Gasteiger partial charge in [0.05, 0.1) is 12.5 Å². The van der Waals surface area contributed by atoms with Crippen LogP contribution in [0.15, 0.2) is 54.6 Å². The highest BCUT2D eigenvalue weighted by Crippen LogP contribution is 2.20. The molecule has 1 atom stereocenters. The first-order chi connectivity index (χ1) is 14.4. The predicted octanol–water partition coefficient (Wildman–Crippen LogP) is 3.34. The van der Waals surface area contributed by atoms with Gasteiger partial charge in [0.25, 0.3) is 0 Å². The molecule has 158 valence electrons. The summed E-state index contributed by atoms with van der Waals surface area (Å²) in [6.45, 7) is 2.91. The van der Waals surface area contributed by atoms with Gasteiger partial charge in [-0.3, -0.25) is 9.59 Å². The van der Waals surface area contributed by atoms with Crippen molar-refractivity contribution in [1.82, 2.24) is 9.80 Å². The molecule has 30 heavy (non-hydrogen) atoms. The zero-order chi connectivity index (χ0) is 21.5. The first kappa shape index (κ1) is 21.4. The van der Waals surface area contributed by atoms with Gasteiger partial charge in [-0.2, -0.15) is 0 Å². The largest absolute Gasteiger partial charge is 0.336 e. The van der Waals surface area contributed by atoms with E-state index in [1.54, 1.807) is 11.9 Å². The normalized spacial score (nSPS) is 15.9. The van der Waals surface area contributed by atoms with E-state index < -0.39 is 0 Å². The van der Waals surface area contributed by atoms with Gasteiger partial charge in [0, 0.05) is 31.5 Å². The number of aryl methyl sites for hydroxylation is 1. The molecule has 3 rings (SSSR count). The number of nitrogens with one attached hydrogen (secondary N) is 2. The van der Waals surface area contributed by atoms with E-state index in [9.17, 15) is 14.4 Å². The molecule has 1 heterocycles. The molecule has 0 saturated carbocycles. The molecule has 2 aromatic carbocycles. The van der Waals surface area contributed by atoms with Crippen molar-refractivity contribution in [3.05, 3.63) is 60.2 Å². The number of amides is 4. The standard InChI is InChI=1S/C23H28N4O3/c1-17-10-12-20(13-11-17)24-21(28)16-26(2)22(29)18-7-6-14-27(15-18)23(30)25-19-8-4-3-5-9-19/h3-5,8-13,18H,6-7,14-16H2,1-2H3,(H,24,28)(H,25,30)/t18-/m0/s1. The van der Waals surface area contributed by atoms with Crippen molar-refractivity contribution >= 4 is 29.2 Å². The fourth-order valence-corrected chi connectivity index (χ4v) is 3.53. The topological polar surface area (TPSA) is 81.8 Å². The SMILES string of the molecule is Cc1ccc(NC(=O)CN(C)C(=O)[C@H]2CCCN(C(=O)Nc3ccccc3)C2)cc1. The van der Waals surface area contributed by atoms with Gasteiger partial charge in [-0.15, -0.1) is 0 Å². The highest BCUT2D eigenvalue weighted by Gasteiger charge is 2.30. The zero-order valence-corrected chi connectivity index (χ0v) is 17.4. The molecule has 1 saturated heterocycles. The third-order valence-electron chi connectivity index (χ3n) is 5.18. The summed E-state index contributed by atoms with van der Waals surface area (Å²) in [6.07, 6.45) is 1.46. The van der Waals surface area contributed by atoms with Crippen LogP contribution in [0.1, 0.15) is 18.4 Å². The van der Waals surface area contributed by atoms with E-state index in [4.69, 9.17) is 0 Å². The van der Waals surface area contributed by atoms with Crippen LogP contribution in [0.2, 0.25) is 0 Å².